The highest BCUT2D eigenvalue weighted by Gasteiger charge is 2.48. The Hall–Kier alpha value is -2.53. The lowest BCUT2D eigenvalue weighted by Gasteiger charge is -2.35. The third kappa shape index (κ3) is 1.31. The molecule has 5 nitrogen and oxygen atoms in total. The number of ether oxygens (including phenoxy) is 1. The van der Waals surface area contributed by atoms with Crippen LogP contribution in [0, 0.1) is 0 Å². The number of hydrogen-bond donors (Lipinski definition) is 1. The monoisotopic (exact) mass is 276 g/mol. The molecule has 0 amide bonds. The molecule has 1 N–H and O–H groups in total. The fourth-order valence-corrected chi connectivity index (χ4v) is 3.49. The number of aromatic amines is 1. The Labute approximate surface area is 121 Å². The Bertz CT molecular complexity index is 857. The first kappa shape index (κ1) is 11.2. The maximum absolute atomic E-state index is 6.32. The van der Waals surface area contributed by atoms with E-state index in [2.05, 4.69) is 38.4 Å². The van der Waals surface area contributed by atoms with Crippen molar-refractivity contribution in [3.63, 3.8) is 0 Å². The molecule has 0 saturated heterocycles. The molecule has 1 aliphatic heterocycles. The zero-order valence-electron chi connectivity index (χ0n) is 11.2. The highest BCUT2D eigenvalue weighted by Crippen LogP contribution is 2.52. The number of nitrogens with zero attached hydrogens (tertiary/aromatic N) is 3. The summed E-state index contributed by atoms with van der Waals surface area (Å²) in [6.45, 7) is 0.523. The summed E-state index contributed by atoms with van der Waals surface area (Å²) in [5.41, 5.74) is 6.18. The van der Waals surface area contributed by atoms with Crippen LogP contribution < -0.4 is 0 Å². The molecular formula is C16H12N4O. The summed E-state index contributed by atoms with van der Waals surface area (Å²) in [4.78, 5) is 8.53. The van der Waals surface area contributed by atoms with E-state index in [9.17, 15) is 0 Å². The molecule has 21 heavy (non-hydrogen) atoms. The molecule has 2 aliphatic rings. The third-order valence-corrected chi connectivity index (χ3v) is 4.48. The SMILES string of the molecule is c1ccc2c(c1)-c1[nH]ncc1C21Cc2ncncc2CO1. The van der Waals surface area contributed by atoms with Crippen molar-refractivity contribution >= 4 is 0 Å². The van der Waals surface area contributed by atoms with E-state index in [0.717, 1.165) is 22.5 Å². The minimum Gasteiger partial charge on any atom is -0.360 e. The van der Waals surface area contributed by atoms with Crippen molar-refractivity contribution in [1.29, 1.82) is 0 Å². The molecule has 5 heteroatoms. The van der Waals surface area contributed by atoms with E-state index < -0.39 is 5.60 Å². The van der Waals surface area contributed by atoms with Crippen molar-refractivity contribution < 1.29 is 4.74 Å². The van der Waals surface area contributed by atoms with E-state index in [0.29, 0.717) is 13.0 Å². The number of fused-ring (bicyclic) bond motifs is 6. The maximum Gasteiger partial charge on any atom is 0.128 e. The molecule has 2 aromatic heterocycles. The Balaban J connectivity index is 1.77. The molecule has 0 fully saturated rings. The second kappa shape index (κ2) is 3.77. The van der Waals surface area contributed by atoms with E-state index in [1.165, 1.54) is 11.1 Å². The predicted molar refractivity (Wildman–Crippen MR) is 75.3 cm³/mol. The summed E-state index contributed by atoms with van der Waals surface area (Å²) in [5, 5.41) is 7.32. The molecule has 3 heterocycles. The van der Waals surface area contributed by atoms with Crippen LogP contribution in [0.15, 0.2) is 43.0 Å². The summed E-state index contributed by atoms with van der Waals surface area (Å²) in [6, 6.07) is 8.34. The zero-order chi connectivity index (χ0) is 13.9. The van der Waals surface area contributed by atoms with Gasteiger partial charge in [-0.05, 0) is 5.56 Å². The number of benzene rings is 1. The van der Waals surface area contributed by atoms with Gasteiger partial charge in [0.15, 0.2) is 0 Å². The average Bonchev–Trinajstić information content (AvgIpc) is 3.11. The molecule has 1 aliphatic carbocycles. The zero-order valence-corrected chi connectivity index (χ0v) is 11.2. The van der Waals surface area contributed by atoms with Gasteiger partial charge in [-0.25, -0.2) is 9.97 Å². The quantitative estimate of drug-likeness (QED) is 0.683. The number of aromatic nitrogens is 4. The normalized spacial score (nSPS) is 21.9. The molecule has 102 valence electrons. The van der Waals surface area contributed by atoms with Crippen LogP contribution >= 0.6 is 0 Å². The second-order valence-electron chi connectivity index (χ2n) is 5.49. The van der Waals surface area contributed by atoms with E-state index in [1.54, 1.807) is 6.33 Å². The molecule has 3 aromatic rings. The maximum atomic E-state index is 6.32. The van der Waals surface area contributed by atoms with Crippen LogP contribution in [-0.4, -0.2) is 20.2 Å². The van der Waals surface area contributed by atoms with Crippen LogP contribution in [0.5, 0.6) is 0 Å². The number of H-pyrrole nitrogens is 1. The molecule has 1 atom stereocenters. The Morgan fingerprint density at radius 1 is 1.14 bits per heavy atom. The number of rotatable bonds is 0. The largest absolute Gasteiger partial charge is 0.360 e. The van der Waals surface area contributed by atoms with Crippen molar-refractivity contribution in [2.75, 3.05) is 0 Å². The van der Waals surface area contributed by atoms with Crippen molar-refractivity contribution in [3.8, 4) is 11.3 Å². The van der Waals surface area contributed by atoms with Crippen LogP contribution in [0.4, 0.5) is 0 Å². The molecule has 0 bridgehead atoms. The van der Waals surface area contributed by atoms with Crippen molar-refractivity contribution in [3.05, 3.63) is 65.4 Å². The van der Waals surface area contributed by atoms with Gasteiger partial charge in [0.1, 0.15) is 11.9 Å². The Kier molecular flexibility index (Phi) is 2.00. The van der Waals surface area contributed by atoms with E-state index in [-0.39, 0.29) is 0 Å². The van der Waals surface area contributed by atoms with Gasteiger partial charge in [-0.2, -0.15) is 5.10 Å². The van der Waals surface area contributed by atoms with Crippen LogP contribution in [0.3, 0.4) is 0 Å². The van der Waals surface area contributed by atoms with Crippen LogP contribution in [0.2, 0.25) is 0 Å². The lowest BCUT2D eigenvalue weighted by molar-refractivity contribution is -0.0403. The van der Waals surface area contributed by atoms with E-state index in [4.69, 9.17) is 4.74 Å². The lowest BCUT2D eigenvalue weighted by atomic mass is 9.84. The molecule has 0 radical (unpaired) electrons. The highest BCUT2D eigenvalue weighted by atomic mass is 16.5. The summed E-state index contributed by atoms with van der Waals surface area (Å²) >= 11 is 0. The first-order valence-electron chi connectivity index (χ1n) is 6.94. The van der Waals surface area contributed by atoms with Gasteiger partial charge in [0.2, 0.25) is 0 Å². The molecule has 1 spiro atoms. The van der Waals surface area contributed by atoms with Crippen LogP contribution in [0.1, 0.15) is 22.4 Å². The fraction of sp³-hybridized carbons (Fsp3) is 0.188. The summed E-state index contributed by atoms with van der Waals surface area (Å²) in [7, 11) is 0. The average molecular weight is 276 g/mol. The fourth-order valence-electron chi connectivity index (χ4n) is 3.49. The van der Waals surface area contributed by atoms with Crippen LogP contribution in [-0.2, 0) is 23.4 Å². The smallest absolute Gasteiger partial charge is 0.128 e. The lowest BCUT2D eigenvalue weighted by Crippen LogP contribution is -2.35. The number of nitrogens with one attached hydrogen (secondary N) is 1. The highest BCUT2D eigenvalue weighted by molar-refractivity contribution is 5.77. The molecule has 1 aromatic carbocycles. The van der Waals surface area contributed by atoms with Crippen molar-refractivity contribution in [2.24, 2.45) is 0 Å². The topological polar surface area (TPSA) is 63.7 Å². The summed E-state index contributed by atoms with van der Waals surface area (Å²) in [5.74, 6) is 0. The van der Waals surface area contributed by atoms with Gasteiger partial charge in [-0.3, -0.25) is 5.10 Å². The van der Waals surface area contributed by atoms with E-state index >= 15 is 0 Å². The minimum absolute atomic E-state index is 0.472. The first-order chi connectivity index (χ1) is 10.4. The first-order valence-corrected chi connectivity index (χ1v) is 6.94. The third-order valence-electron chi connectivity index (χ3n) is 4.48. The van der Waals surface area contributed by atoms with Gasteiger partial charge in [-0.1, -0.05) is 24.3 Å². The van der Waals surface area contributed by atoms with Gasteiger partial charge in [0, 0.05) is 29.3 Å². The van der Waals surface area contributed by atoms with Crippen molar-refractivity contribution in [1.82, 2.24) is 20.2 Å². The molecular weight excluding hydrogens is 264 g/mol. The standard InChI is InChI=1S/C16H12N4O/c1-2-4-12-11(3-1)15-13(7-19-20-15)16(12)5-14-10(8-21-16)6-17-9-18-14/h1-4,6-7,9H,5,8H2,(H,19,20). The molecule has 1 unspecified atom stereocenters. The van der Waals surface area contributed by atoms with Gasteiger partial charge >= 0.3 is 0 Å². The number of hydrogen-bond acceptors (Lipinski definition) is 4. The van der Waals surface area contributed by atoms with Gasteiger partial charge in [0.25, 0.3) is 0 Å². The van der Waals surface area contributed by atoms with Crippen molar-refractivity contribution in [2.45, 2.75) is 18.6 Å². The second-order valence-corrected chi connectivity index (χ2v) is 5.49. The van der Waals surface area contributed by atoms with Gasteiger partial charge in [0.05, 0.1) is 24.2 Å². The predicted octanol–water partition coefficient (Wildman–Crippen LogP) is 2.20. The summed E-state index contributed by atoms with van der Waals surface area (Å²) < 4.78 is 6.32. The van der Waals surface area contributed by atoms with Crippen LogP contribution in [0.25, 0.3) is 11.3 Å². The Morgan fingerprint density at radius 2 is 2.10 bits per heavy atom. The molecule has 0 saturated carbocycles. The Morgan fingerprint density at radius 3 is 3.10 bits per heavy atom. The van der Waals surface area contributed by atoms with Gasteiger partial charge in [-0.15, -0.1) is 0 Å². The minimum atomic E-state index is -0.472. The van der Waals surface area contributed by atoms with Gasteiger partial charge < -0.3 is 4.74 Å². The van der Waals surface area contributed by atoms with E-state index in [1.807, 2.05) is 18.5 Å². The summed E-state index contributed by atoms with van der Waals surface area (Å²) in [6.07, 6.45) is 6.04. The molecule has 5 rings (SSSR count).